The smallest absolute Gasteiger partial charge is 0.255 e. The molecule has 2 aromatic carbocycles. The Balaban J connectivity index is 1.55. The van der Waals surface area contributed by atoms with E-state index in [1.807, 2.05) is 54.3 Å². The maximum Gasteiger partial charge on any atom is 0.255 e. The average Bonchev–Trinajstić information content (AvgIpc) is 3.33. The van der Waals surface area contributed by atoms with Crippen molar-refractivity contribution in [1.29, 1.82) is 5.26 Å². The molecular weight excluding hydrogens is 378 g/mol. The van der Waals surface area contributed by atoms with E-state index >= 15 is 0 Å². The van der Waals surface area contributed by atoms with Crippen LogP contribution in [0.25, 0.3) is 11.0 Å². The molecule has 0 saturated carbocycles. The highest BCUT2D eigenvalue weighted by atomic mass is 16.2. The quantitative estimate of drug-likeness (QED) is 0.569. The van der Waals surface area contributed by atoms with Gasteiger partial charge in [0.15, 0.2) is 0 Å². The second-order valence-corrected chi connectivity index (χ2v) is 7.30. The third-order valence-electron chi connectivity index (χ3n) is 5.59. The van der Waals surface area contributed by atoms with Crippen molar-refractivity contribution < 1.29 is 4.79 Å². The second kappa shape index (κ2) is 7.04. The largest absolute Gasteiger partial charge is 0.327 e. The van der Waals surface area contributed by atoms with Crippen LogP contribution in [-0.4, -0.2) is 36.2 Å². The molecule has 3 heterocycles. The van der Waals surface area contributed by atoms with E-state index in [1.54, 1.807) is 0 Å². The molecule has 1 aliphatic rings. The number of nitrogens with zero attached hydrogens (tertiary/aromatic N) is 6. The number of fused-ring (bicyclic) bond motifs is 2. The summed E-state index contributed by atoms with van der Waals surface area (Å²) in [4.78, 5) is 23.5. The number of hydrogen-bond donors (Lipinski definition) is 1. The van der Waals surface area contributed by atoms with Gasteiger partial charge in [0, 0.05) is 29.8 Å². The molecule has 0 radical (unpaired) electrons. The molecule has 5 rings (SSSR count). The summed E-state index contributed by atoms with van der Waals surface area (Å²) in [5.41, 5.74) is 6.09. The van der Waals surface area contributed by atoms with Crippen molar-refractivity contribution in [2.24, 2.45) is 0 Å². The Kier molecular flexibility index (Phi) is 4.21. The van der Waals surface area contributed by atoms with E-state index in [0.717, 1.165) is 33.4 Å². The van der Waals surface area contributed by atoms with Crippen LogP contribution >= 0.6 is 0 Å². The van der Waals surface area contributed by atoms with E-state index in [2.05, 4.69) is 31.4 Å². The predicted octanol–water partition coefficient (Wildman–Crippen LogP) is 2.87. The van der Waals surface area contributed by atoms with Crippen LogP contribution in [0.2, 0.25) is 0 Å². The van der Waals surface area contributed by atoms with Gasteiger partial charge in [-0.15, -0.1) is 5.10 Å². The topological polar surface area (TPSA) is 111 Å². The Labute approximate surface area is 172 Å². The van der Waals surface area contributed by atoms with Gasteiger partial charge >= 0.3 is 0 Å². The molecule has 8 nitrogen and oxygen atoms in total. The van der Waals surface area contributed by atoms with E-state index in [4.69, 9.17) is 0 Å². The van der Waals surface area contributed by atoms with Crippen LogP contribution in [0.4, 0.5) is 0 Å². The number of aromatic nitrogens is 5. The number of nitrogens with one attached hydrogen (secondary N) is 1. The summed E-state index contributed by atoms with van der Waals surface area (Å²) < 4.78 is 0. The molecule has 1 amide bonds. The molecule has 30 heavy (non-hydrogen) atoms. The number of aryl methyl sites for hydroxylation is 1. The highest BCUT2D eigenvalue weighted by Gasteiger charge is 2.37. The van der Waals surface area contributed by atoms with Gasteiger partial charge in [-0.3, -0.25) is 9.89 Å². The Morgan fingerprint density at radius 3 is 2.93 bits per heavy atom. The number of nitriles is 1. The third kappa shape index (κ3) is 2.88. The molecule has 1 unspecified atom stereocenters. The first-order chi connectivity index (χ1) is 14.7. The van der Waals surface area contributed by atoms with Crippen LogP contribution < -0.4 is 0 Å². The minimum atomic E-state index is -0.210. The maximum atomic E-state index is 13.3. The van der Waals surface area contributed by atoms with Crippen molar-refractivity contribution >= 4 is 16.9 Å². The Hall–Kier alpha value is -4.12. The number of benzene rings is 2. The normalized spacial score (nSPS) is 15.4. The Bertz CT molecular complexity index is 1320. The highest BCUT2D eigenvalue weighted by molar-refractivity contribution is 5.99. The average molecular weight is 395 g/mol. The van der Waals surface area contributed by atoms with Gasteiger partial charge in [-0.25, -0.2) is 9.97 Å². The molecule has 2 aromatic heterocycles. The number of H-pyrrole nitrogens is 1. The van der Waals surface area contributed by atoms with Gasteiger partial charge in [0.05, 0.1) is 11.6 Å². The fourth-order valence-electron chi connectivity index (χ4n) is 4.07. The minimum Gasteiger partial charge on any atom is -0.327 e. The van der Waals surface area contributed by atoms with Gasteiger partial charge in [-0.05, 0) is 36.2 Å². The third-order valence-corrected chi connectivity index (χ3v) is 5.59. The number of carbonyl (C=O) groups excluding carboxylic acids is 1. The van der Waals surface area contributed by atoms with Crippen LogP contribution in [0.15, 0.2) is 48.8 Å². The van der Waals surface area contributed by atoms with Crippen molar-refractivity contribution in [2.45, 2.75) is 25.9 Å². The van der Waals surface area contributed by atoms with Crippen molar-refractivity contribution in [1.82, 2.24) is 30.3 Å². The first kappa shape index (κ1) is 17.9. The number of amides is 1. The summed E-state index contributed by atoms with van der Waals surface area (Å²) >= 11 is 0. The lowest BCUT2D eigenvalue weighted by atomic mass is 9.96. The number of aromatic amines is 1. The lowest BCUT2D eigenvalue weighted by Crippen LogP contribution is -2.29. The van der Waals surface area contributed by atoms with Gasteiger partial charge in [0.2, 0.25) is 0 Å². The molecule has 0 spiro atoms. The lowest BCUT2D eigenvalue weighted by Gasteiger charge is -2.26. The van der Waals surface area contributed by atoms with Crippen LogP contribution in [0.1, 0.15) is 44.5 Å². The highest BCUT2D eigenvalue weighted by Crippen LogP contribution is 2.37. The SMILES string of the molecule is Cc1ncnc(C#N)c1CC1c2ccccc2C(=O)N1Cc1ccc2[nH]nnc2c1. The fourth-order valence-corrected chi connectivity index (χ4v) is 4.07. The molecule has 1 aliphatic heterocycles. The summed E-state index contributed by atoms with van der Waals surface area (Å²) in [5, 5.41) is 20.2. The minimum absolute atomic E-state index is 0.0242. The number of carbonyl (C=O) groups is 1. The van der Waals surface area contributed by atoms with Gasteiger partial charge < -0.3 is 4.90 Å². The van der Waals surface area contributed by atoms with Gasteiger partial charge in [0.1, 0.15) is 23.6 Å². The second-order valence-electron chi connectivity index (χ2n) is 7.30. The maximum absolute atomic E-state index is 13.3. The molecule has 4 aromatic rings. The first-order valence-corrected chi connectivity index (χ1v) is 9.56. The molecule has 146 valence electrons. The van der Waals surface area contributed by atoms with Gasteiger partial charge in [0.25, 0.3) is 5.91 Å². The first-order valence-electron chi connectivity index (χ1n) is 9.56. The summed E-state index contributed by atoms with van der Waals surface area (Å²) in [6.07, 6.45) is 1.88. The molecule has 0 saturated heterocycles. The van der Waals surface area contributed by atoms with Crippen LogP contribution in [0, 0.1) is 18.3 Å². The zero-order valence-corrected chi connectivity index (χ0v) is 16.2. The van der Waals surface area contributed by atoms with Crippen molar-refractivity contribution in [3.63, 3.8) is 0 Å². The summed E-state index contributed by atoms with van der Waals surface area (Å²) in [6.45, 7) is 2.29. The standard InChI is InChI=1S/C22H17N7O/c1-13-17(20(10-23)25-12-24-13)9-21-15-4-2-3-5-16(15)22(30)29(21)11-14-6-7-18-19(8-14)27-28-26-18/h2-8,12,21H,9,11H2,1H3,(H,26,27,28). The molecule has 0 bridgehead atoms. The molecule has 0 aliphatic carbocycles. The van der Waals surface area contributed by atoms with Crippen molar-refractivity contribution in [3.05, 3.63) is 82.4 Å². The lowest BCUT2D eigenvalue weighted by molar-refractivity contribution is 0.0709. The number of hydrogen-bond acceptors (Lipinski definition) is 6. The van der Waals surface area contributed by atoms with Crippen molar-refractivity contribution in [2.75, 3.05) is 0 Å². The molecule has 1 atom stereocenters. The van der Waals surface area contributed by atoms with Crippen LogP contribution in [0.5, 0.6) is 0 Å². The fraction of sp³-hybridized carbons (Fsp3) is 0.182. The molecule has 1 N–H and O–H groups in total. The van der Waals surface area contributed by atoms with Crippen LogP contribution in [0.3, 0.4) is 0 Å². The number of rotatable bonds is 4. The van der Waals surface area contributed by atoms with E-state index in [1.165, 1.54) is 6.33 Å². The van der Waals surface area contributed by atoms with Crippen LogP contribution in [-0.2, 0) is 13.0 Å². The summed E-state index contributed by atoms with van der Waals surface area (Å²) in [7, 11) is 0. The molecular formula is C22H17N7O. The Morgan fingerprint density at radius 1 is 1.20 bits per heavy atom. The van der Waals surface area contributed by atoms with E-state index in [-0.39, 0.29) is 11.9 Å². The van der Waals surface area contributed by atoms with E-state index < -0.39 is 0 Å². The molecule has 0 fully saturated rings. The summed E-state index contributed by atoms with van der Waals surface area (Å²) in [6, 6.07) is 15.4. The van der Waals surface area contributed by atoms with Gasteiger partial charge in [-0.2, -0.15) is 5.26 Å². The summed E-state index contributed by atoms with van der Waals surface area (Å²) in [5.74, 6) is -0.0242. The van der Waals surface area contributed by atoms with Gasteiger partial charge in [-0.1, -0.05) is 29.5 Å². The van der Waals surface area contributed by atoms with E-state index in [0.29, 0.717) is 24.2 Å². The zero-order valence-electron chi connectivity index (χ0n) is 16.2. The molecule has 8 heteroatoms. The van der Waals surface area contributed by atoms with E-state index in [9.17, 15) is 10.1 Å². The monoisotopic (exact) mass is 395 g/mol. The van der Waals surface area contributed by atoms with Crippen molar-refractivity contribution in [3.8, 4) is 6.07 Å². The Morgan fingerprint density at radius 2 is 2.07 bits per heavy atom. The zero-order chi connectivity index (χ0) is 20.7. The predicted molar refractivity (Wildman–Crippen MR) is 108 cm³/mol.